The van der Waals surface area contributed by atoms with E-state index in [0.29, 0.717) is 23.6 Å². The maximum absolute atomic E-state index is 13.2. The van der Waals surface area contributed by atoms with Gasteiger partial charge >= 0.3 is 6.18 Å². The van der Waals surface area contributed by atoms with Crippen molar-refractivity contribution in [2.45, 2.75) is 37.6 Å². The minimum absolute atomic E-state index is 0.0397. The quantitative estimate of drug-likeness (QED) is 0.789. The summed E-state index contributed by atoms with van der Waals surface area (Å²) in [5, 5.41) is 15.1. The Morgan fingerprint density at radius 1 is 1.17 bits per heavy atom. The third kappa shape index (κ3) is 4.59. The lowest BCUT2D eigenvalue weighted by molar-refractivity contribution is -0.158. The van der Waals surface area contributed by atoms with E-state index in [2.05, 4.69) is 5.10 Å². The molecule has 1 N–H and O–H groups in total. The van der Waals surface area contributed by atoms with Gasteiger partial charge in [-0.2, -0.15) is 23.3 Å². The number of halogens is 3. The summed E-state index contributed by atoms with van der Waals surface area (Å²) >= 11 is 0. The van der Waals surface area contributed by atoms with Gasteiger partial charge in [-0.3, -0.25) is 4.79 Å². The average molecular weight is 406 g/mol. The molecular weight excluding hydrogens is 385 g/mol. The van der Waals surface area contributed by atoms with Crippen LogP contribution in [0.1, 0.15) is 30.4 Å². The average Bonchev–Trinajstić information content (AvgIpc) is 3.08. The van der Waals surface area contributed by atoms with Gasteiger partial charge in [0, 0.05) is 12.0 Å². The van der Waals surface area contributed by atoms with Crippen molar-refractivity contribution in [3.05, 3.63) is 65.7 Å². The highest BCUT2D eigenvalue weighted by atomic mass is 19.4. The minimum atomic E-state index is -4.74. The summed E-state index contributed by atoms with van der Waals surface area (Å²) in [6.45, 7) is 0. The van der Waals surface area contributed by atoms with Crippen LogP contribution in [0.15, 0.2) is 59.7 Å². The summed E-state index contributed by atoms with van der Waals surface area (Å²) in [6.07, 6.45) is -4.58. The molecule has 3 rings (SSSR count). The van der Waals surface area contributed by atoms with Crippen LogP contribution in [0.5, 0.6) is 5.75 Å². The molecule has 0 saturated carbocycles. The van der Waals surface area contributed by atoms with Crippen molar-refractivity contribution in [2.24, 2.45) is 5.10 Å². The molecule has 1 amide bonds. The molecule has 0 spiro atoms. The van der Waals surface area contributed by atoms with E-state index < -0.39 is 29.9 Å². The fraction of sp³-hybridized carbons (Fsp3) is 0.333. The number of hydrazone groups is 1. The molecule has 0 radical (unpaired) electrons. The van der Waals surface area contributed by atoms with Gasteiger partial charge in [-0.15, -0.1) is 0 Å². The van der Waals surface area contributed by atoms with Crippen molar-refractivity contribution in [3.63, 3.8) is 0 Å². The molecule has 154 valence electrons. The Kier molecular flexibility index (Phi) is 5.93. The standard InChI is InChI=1S/C21H21F3N2O3/c1-29-17-12-10-16(11-13-17)20(28)14-18(21(22,23)24)25-26(20)19(27)9-5-8-15-6-3-2-4-7-15/h2-4,6-7,10-13,28H,5,8-9,14H2,1H3/t20-/m0/s1. The fourth-order valence-corrected chi connectivity index (χ4v) is 3.24. The molecule has 0 saturated heterocycles. The van der Waals surface area contributed by atoms with Crippen LogP contribution >= 0.6 is 0 Å². The van der Waals surface area contributed by atoms with Gasteiger partial charge in [-0.1, -0.05) is 42.5 Å². The molecule has 0 unspecified atom stereocenters. The zero-order valence-electron chi connectivity index (χ0n) is 15.8. The highest BCUT2D eigenvalue weighted by Crippen LogP contribution is 2.40. The van der Waals surface area contributed by atoms with Crippen LogP contribution in [-0.2, 0) is 16.9 Å². The molecule has 1 aliphatic heterocycles. The second-order valence-electron chi connectivity index (χ2n) is 6.81. The minimum Gasteiger partial charge on any atom is -0.497 e. The molecule has 0 aliphatic carbocycles. The molecule has 1 heterocycles. The largest absolute Gasteiger partial charge is 0.497 e. The van der Waals surface area contributed by atoms with E-state index in [1.807, 2.05) is 30.3 Å². The second-order valence-corrected chi connectivity index (χ2v) is 6.81. The topological polar surface area (TPSA) is 62.1 Å². The second kappa shape index (κ2) is 8.24. The van der Waals surface area contributed by atoms with E-state index in [9.17, 15) is 23.1 Å². The number of hydrogen-bond donors (Lipinski definition) is 1. The molecular formula is C21H21F3N2O3. The monoisotopic (exact) mass is 406 g/mol. The maximum atomic E-state index is 13.2. The van der Waals surface area contributed by atoms with E-state index in [4.69, 9.17) is 4.74 Å². The van der Waals surface area contributed by atoms with Crippen LogP contribution in [0.25, 0.3) is 0 Å². The predicted octanol–water partition coefficient (Wildman–Crippen LogP) is 4.01. The number of ether oxygens (including phenoxy) is 1. The lowest BCUT2D eigenvalue weighted by atomic mass is 9.96. The molecule has 0 aromatic heterocycles. The molecule has 0 bridgehead atoms. The first-order chi connectivity index (χ1) is 13.7. The first-order valence-corrected chi connectivity index (χ1v) is 9.12. The van der Waals surface area contributed by atoms with E-state index >= 15 is 0 Å². The van der Waals surface area contributed by atoms with Crippen LogP contribution in [0.2, 0.25) is 0 Å². The van der Waals surface area contributed by atoms with Gasteiger partial charge in [0.2, 0.25) is 5.91 Å². The van der Waals surface area contributed by atoms with Crippen LogP contribution in [-0.4, -0.2) is 35.0 Å². The molecule has 1 atom stereocenters. The lowest BCUT2D eigenvalue weighted by Gasteiger charge is -2.31. The Morgan fingerprint density at radius 2 is 1.83 bits per heavy atom. The third-order valence-electron chi connectivity index (χ3n) is 4.80. The zero-order chi connectivity index (χ0) is 21.1. The third-order valence-corrected chi connectivity index (χ3v) is 4.80. The Hall–Kier alpha value is -2.87. The van der Waals surface area contributed by atoms with Crippen molar-refractivity contribution in [2.75, 3.05) is 7.11 Å². The number of carbonyl (C=O) groups excluding carboxylic acids is 1. The Balaban J connectivity index is 1.80. The number of methoxy groups -OCH3 is 1. The van der Waals surface area contributed by atoms with Crippen LogP contribution in [0, 0.1) is 0 Å². The number of hydrogen-bond acceptors (Lipinski definition) is 4. The summed E-state index contributed by atoms with van der Waals surface area (Å²) in [6, 6.07) is 15.3. The highest BCUT2D eigenvalue weighted by molar-refractivity contribution is 5.94. The number of nitrogens with zero attached hydrogens (tertiary/aromatic N) is 2. The first-order valence-electron chi connectivity index (χ1n) is 9.12. The molecule has 2 aromatic carbocycles. The van der Waals surface area contributed by atoms with E-state index in [1.54, 1.807) is 0 Å². The van der Waals surface area contributed by atoms with Crippen molar-refractivity contribution >= 4 is 11.6 Å². The smallest absolute Gasteiger partial charge is 0.431 e. The molecule has 5 nitrogen and oxygen atoms in total. The molecule has 29 heavy (non-hydrogen) atoms. The fourth-order valence-electron chi connectivity index (χ4n) is 3.24. The van der Waals surface area contributed by atoms with Gasteiger partial charge in [0.25, 0.3) is 0 Å². The summed E-state index contributed by atoms with van der Waals surface area (Å²) in [4.78, 5) is 12.7. The summed E-state index contributed by atoms with van der Waals surface area (Å²) < 4.78 is 44.8. The van der Waals surface area contributed by atoms with Gasteiger partial charge in [0.1, 0.15) is 11.5 Å². The van der Waals surface area contributed by atoms with Gasteiger partial charge in [-0.05, 0) is 30.5 Å². The molecule has 2 aromatic rings. The number of aliphatic hydroxyl groups is 1. The van der Waals surface area contributed by atoms with Crippen molar-refractivity contribution < 1.29 is 27.8 Å². The van der Waals surface area contributed by atoms with E-state index in [-0.39, 0.29) is 12.0 Å². The number of rotatable bonds is 6. The van der Waals surface area contributed by atoms with Gasteiger partial charge < -0.3 is 9.84 Å². The van der Waals surface area contributed by atoms with Crippen molar-refractivity contribution in [1.82, 2.24) is 5.01 Å². The van der Waals surface area contributed by atoms with E-state index in [1.165, 1.54) is 31.4 Å². The predicted molar refractivity (Wildman–Crippen MR) is 101 cm³/mol. The number of aryl methyl sites for hydroxylation is 1. The normalized spacial score (nSPS) is 19.2. The highest BCUT2D eigenvalue weighted by Gasteiger charge is 2.52. The van der Waals surface area contributed by atoms with Gasteiger partial charge in [0.15, 0.2) is 5.72 Å². The number of benzene rings is 2. The maximum Gasteiger partial charge on any atom is 0.431 e. The summed E-state index contributed by atoms with van der Waals surface area (Å²) in [7, 11) is 1.45. The SMILES string of the molecule is COc1ccc([C@@]2(O)CC(C(F)(F)F)=NN2C(=O)CCCc2ccccc2)cc1. The number of alkyl halides is 3. The van der Waals surface area contributed by atoms with Crippen molar-refractivity contribution in [3.8, 4) is 5.75 Å². The molecule has 1 aliphatic rings. The Labute approximate surface area is 166 Å². The van der Waals surface area contributed by atoms with Crippen LogP contribution < -0.4 is 4.74 Å². The molecule has 0 fully saturated rings. The number of carbonyl (C=O) groups is 1. The summed E-state index contributed by atoms with van der Waals surface area (Å²) in [5.74, 6) is -0.188. The van der Waals surface area contributed by atoms with Crippen molar-refractivity contribution in [1.29, 1.82) is 0 Å². The first kappa shape index (κ1) is 20.9. The lowest BCUT2D eigenvalue weighted by Crippen LogP contribution is -2.43. The molecule has 8 heteroatoms. The Morgan fingerprint density at radius 3 is 2.41 bits per heavy atom. The summed E-state index contributed by atoms with van der Waals surface area (Å²) in [5.41, 5.74) is -2.22. The van der Waals surface area contributed by atoms with Gasteiger partial charge in [0.05, 0.1) is 13.5 Å². The Bertz CT molecular complexity index is 882. The van der Waals surface area contributed by atoms with Crippen LogP contribution in [0.4, 0.5) is 13.2 Å². The van der Waals surface area contributed by atoms with Gasteiger partial charge in [-0.25, -0.2) is 0 Å². The zero-order valence-corrected chi connectivity index (χ0v) is 15.8. The number of amides is 1. The van der Waals surface area contributed by atoms with Crippen LogP contribution in [0.3, 0.4) is 0 Å². The van der Waals surface area contributed by atoms with E-state index in [0.717, 1.165) is 5.56 Å².